The van der Waals surface area contributed by atoms with Crippen molar-refractivity contribution in [3.8, 4) is 0 Å². The lowest BCUT2D eigenvalue weighted by atomic mass is 10.4. The summed E-state index contributed by atoms with van der Waals surface area (Å²) in [7, 11) is 1.39. The van der Waals surface area contributed by atoms with Crippen LogP contribution in [0.15, 0.2) is 0 Å². The Balaban J connectivity index is 4.01. The van der Waals surface area contributed by atoms with Crippen molar-refractivity contribution in [2.24, 2.45) is 0 Å². The largest absolute Gasteiger partial charge is 0.383 e. The maximum Gasteiger partial charge on any atom is 0.281 e. The molecule has 110 valence electrons. The molecule has 0 aromatic heterocycles. The number of nitrogens with zero attached hydrogens (tertiary/aromatic N) is 2. The molecule has 0 saturated heterocycles. The molecule has 0 spiro atoms. The highest BCUT2D eigenvalue weighted by molar-refractivity contribution is 7.86. The molecule has 0 aliphatic carbocycles. The van der Waals surface area contributed by atoms with Gasteiger partial charge in [-0.1, -0.05) is 6.92 Å². The van der Waals surface area contributed by atoms with Crippen molar-refractivity contribution in [3.05, 3.63) is 0 Å². The number of likely N-dealkylation sites (N-methyl/N-ethyl adjacent to an activating group) is 1. The van der Waals surface area contributed by atoms with Crippen LogP contribution in [0.1, 0.15) is 19.8 Å². The van der Waals surface area contributed by atoms with E-state index < -0.39 is 10.2 Å². The van der Waals surface area contributed by atoms with Crippen molar-refractivity contribution in [2.45, 2.75) is 19.8 Å². The van der Waals surface area contributed by atoms with Gasteiger partial charge in [0.15, 0.2) is 0 Å². The van der Waals surface area contributed by atoms with Crippen LogP contribution >= 0.6 is 0 Å². The van der Waals surface area contributed by atoms with Crippen LogP contribution in [-0.4, -0.2) is 71.0 Å². The van der Waals surface area contributed by atoms with Crippen molar-refractivity contribution in [1.82, 2.24) is 13.9 Å². The van der Waals surface area contributed by atoms with Crippen LogP contribution in [-0.2, 0) is 14.9 Å². The average molecular weight is 281 g/mol. The van der Waals surface area contributed by atoms with Crippen molar-refractivity contribution < 1.29 is 13.2 Å². The second-order valence-electron chi connectivity index (χ2n) is 4.25. The fraction of sp³-hybridized carbons (Fsp3) is 1.00. The van der Waals surface area contributed by atoms with E-state index in [0.29, 0.717) is 19.7 Å². The minimum Gasteiger partial charge on any atom is -0.383 e. The molecule has 0 aliphatic rings. The first-order valence-corrected chi connectivity index (χ1v) is 7.73. The van der Waals surface area contributed by atoms with E-state index in [9.17, 15) is 8.42 Å². The SMILES string of the molecule is CCCNCCCN(C)S(=O)(=O)N(C)CCOC. The Kier molecular flexibility index (Phi) is 9.57. The van der Waals surface area contributed by atoms with E-state index in [4.69, 9.17) is 4.74 Å². The third-order valence-corrected chi connectivity index (χ3v) is 4.59. The highest BCUT2D eigenvalue weighted by Crippen LogP contribution is 2.04. The summed E-state index contributed by atoms with van der Waals surface area (Å²) in [4.78, 5) is 0. The third-order valence-electron chi connectivity index (χ3n) is 2.65. The monoisotopic (exact) mass is 281 g/mol. The predicted molar refractivity (Wildman–Crippen MR) is 73.8 cm³/mol. The molecule has 0 aliphatic heterocycles. The molecule has 0 aromatic rings. The van der Waals surface area contributed by atoms with Crippen LogP contribution in [0.4, 0.5) is 0 Å². The number of rotatable bonds is 11. The zero-order chi connectivity index (χ0) is 14.0. The molecule has 0 aromatic carbocycles. The molecule has 7 heteroatoms. The Bertz CT molecular complexity index is 296. The number of nitrogens with one attached hydrogen (secondary N) is 1. The highest BCUT2D eigenvalue weighted by Gasteiger charge is 2.22. The number of hydrogen-bond acceptors (Lipinski definition) is 4. The van der Waals surface area contributed by atoms with Crippen LogP contribution in [0, 0.1) is 0 Å². The molecule has 18 heavy (non-hydrogen) atoms. The van der Waals surface area contributed by atoms with Gasteiger partial charge in [0.25, 0.3) is 10.2 Å². The predicted octanol–water partition coefficient (Wildman–Crippen LogP) is 0.131. The number of ether oxygens (including phenoxy) is 1. The Morgan fingerprint density at radius 3 is 2.28 bits per heavy atom. The fourth-order valence-corrected chi connectivity index (χ4v) is 2.56. The molecule has 0 saturated carbocycles. The van der Waals surface area contributed by atoms with Crippen LogP contribution in [0.2, 0.25) is 0 Å². The molecule has 0 unspecified atom stereocenters. The van der Waals surface area contributed by atoms with E-state index in [0.717, 1.165) is 25.9 Å². The summed E-state index contributed by atoms with van der Waals surface area (Å²) in [6.45, 7) is 5.23. The number of hydrogen-bond donors (Lipinski definition) is 1. The van der Waals surface area contributed by atoms with Crippen LogP contribution in [0.5, 0.6) is 0 Å². The van der Waals surface area contributed by atoms with Gasteiger partial charge in [-0.3, -0.25) is 0 Å². The summed E-state index contributed by atoms with van der Waals surface area (Å²) in [5, 5.41) is 3.25. The van der Waals surface area contributed by atoms with Crippen LogP contribution < -0.4 is 5.32 Å². The molecule has 0 amide bonds. The summed E-state index contributed by atoms with van der Waals surface area (Å²) in [6.07, 6.45) is 1.90. The maximum atomic E-state index is 12.0. The second-order valence-corrected chi connectivity index (χ2v) is 6.39. The first-order valence-electron chi connectivity index (χ1n) is 6.34. The minimum absolute atomic E-state index is 0.372. The molecule has 0 atom stereocenters. The summed E-state index contributed by atoms with van der Waals surface area (Å²) in [6, 6.07) is 0. The molecule has 0 fully saturated rings. The van der Waals surface area contributed by atoms with Gasteiger partial charge in [0.05, 0.1) is 6.61 Å². The van der Waals surface area contributed by atoms with E-state index in [1.165, 1.54) is 8.61 Å². The molecule has 0 radical (unpaired) electrons. The van der Waals surface area contributed by atoms with Gasteiger partial charge in [0.1, 0.15) is 0 Å². The smallest absolute Gasteiger partial charge is 0.281 e. The highest BCUT2D eigenvalue weighted by atomic mass is 32.2. The number of methoxy groups -OCH3 is 1. The van der Waals surface area contributed by atoms with Crippen LogP contribution in [0.25, 0.3) is 0 Å². The lowest BCUT2D eigenvalue weighted by molar-refractivity contribution is 0.183. The van der Waals surface area contributed by atoms with Gasteiger partial charge in [-0.15, -0.1) is 0 Å². The van der Waals surface area contributed by atoms with Gasteiger partial charge in [-0.2, -0.15) is 17.0 Å². The Morgan fingerprint density at radius 1 is 1.11 bits per heavy atom. The standard InChI is InChI=1S/C11H27N3O3S/c1-5-7-12-8-6-9-13(2)18(15,16)14(3)10-11-17-4/h12H,5-11H2,1-4H3. The van der Waals surface area contributed by atoms with Crippen molar-refractivity contribution in [1.29, 1.82) is 0 Å². The maximum absolute atomic E-state index is 12.0. The van der Waals surface area contributed by atoms with Gasteiger partial charge < -0.3 is 10.1 Å². The van der Waals surface area contributed by atoms with Crippen LogP contribution in [0.3, 0.4) is 0 Å². The molecule has 0 bridgehead atoms. The molecule has 1 N–H and O–H groups in total. The first-order chi connectivity index (χ1) is 8.46. The molecule has 0 heterocycles. The second kappa shape index (κ2) is 9.69. The van der Waals surface area contributed by atoms with Crippen molar-refractivity contribution >= 4 is 10.2 Å². The van der Waals surface area contributed by atoms with E-state index >= 15 is 0 Å². The van der Waals surface area contributed by atoms with Gasteiger partial charge in [-0.25, -0.2) is 0 Å². The topological polar surface area (TPSA) is 61.9 Å². The van der Waals surface area contributed by atoms with E-state index in [1.807, 2.05) is 0 Å². The van der Waals surface area contributed by atoms with E-state index in [-0.39, 0.29) is 0 Å². The van der Waals surface area contributed by atoms with Gasteiger partial charge in [-0.05, 0) is 25.9 Å². The normalized spacial score (nSPS) is 12.6. The summed E-state index contributed by atoms with van der Waals surface area (Å²) in [5.74, 6) is 0. The lowest BCUT2D eigenvalue weighted by Gasteiger charge is -2.24. The van der Waals surface area contributed by atoms with Crippen molar-refractivity contribution in [3.63, 3.8) is 0 Å². The molecular weight excluding hydrogens is 254 g/mol. The van der Waals surface area contributed by atoms with E-state index in [1.54, 1.807) is 21.2 Å². The van der Waals surface area contributed by atoms with Gasteiger partial charge in [0.2, 0.25) is 0 Å². The molecule has 0 rings (SSSR count). The lowest BCUT2D eigenvalue weighted by Crippen LogP contribution is -2.41. The summed E-state index contributed by atoms with van der Waals surface area (Å²) in [5.41, 5.74) is 0. The zero-order valence-corrected chi connectivity index (χ0v) is 12.8. The average Bonchev–Trinajstić information content (AvgIpc) is 2.35. The first kappa shape index (κ1) is 17.8. The van der Waals surface area contributed by atoms with Crippen molar-refractivity contribution in [2.75, 3.05) is 54.0 Å². The van der Waals surface area contributed by atoms with Gasteiger partial charge in [0, 0.05) is 34.3 Å². The summed E-state index contributed by atoms with van der Waals surface area (Å²) >= 11 is 0. The Hall–Kier alpha value is -0.210. The van der Waals surface area contributed by atoms with E-state index in [2.05, 4.69) is 12.2 Å². The Morgan fingerprint density at radius 2 is 1.72 bits per heavy atom. The Labute approximate surface area is 111 Å². The molecule has 6 nitrogen and oxygen atoms in total. The van der Waals surface area contributed by atoms with Gasteiger partial charge >= 0.3 is 0 Å². The quantitative estimate of drug-likeness (QED) is 0.547. The minimum atomic E-state index is -3.35. The fourth-order valence-electron chi connectivity index (χ4n) is 1.42. The third kappa shape index (κ3) is 6.65. The summed E-state index contributed by atoms with van der Waals surface area (Å²) < 4.78 is 31.6. The molecular formula is C11H27N3O3S. The zero-order valence-electron chi connectivity index (χ0n) is 12.0.